The lowest BCUT2D eigenvalue weighted by Gasteiger charge is -2.02. The van der Waals surface area contributed by atoms with Crippen molar-refractivity contribution < 1.29 is 4.79 Å². The minimum atomic E-state index is -0.960. The van der Waals surface area contributed by atoms with E-state index >= 15 is 0 Å². The number of nitrogens with zero attached hydrogens (tertiary/aromatic N) is 2. The lowest BCUT2D eigenvalue weighted by molar-refractivity contribution is 0.100. The Kier molecular flexibility index (Phi) is 2.97. The third-order valence-corrected chi connectivity index (χ3v) is 1.58. The molecular weight excluding hydrogens is 188 g/mol. The molecule has 0 heterocycles. The molecule has 0 aliphatic carbocycles. The Morgan fingerprint density at radius 2 is 2.07 bits per heavy atom. The third kappa shape index (κ3) is 1.77. The number of nitroso groups, excluding NO2 is 2. The van der Waals surface area contributed by atoms with E-state index < -0.39 is 5.91 Å². The summed E-state index contributed by atoms with van der Waals surface area (Å²) in [4.78, 5) is 31.0. The van der Waals surface area contributed by atoms with Crippen LogP contribution in [-0.2, 0) is 0 Å². The molecule has 1 aromatic carbocycles. The number of hydrazine groups is 1. The average Bonchev–Trinajstić information content (AvgIpc) is 2.26. The van der Waals surface area contributed by atoms with Gasteiger partial charge in [-0.1, -0.05) is 0 Å². The van der Waals surface area contributed by atoms with Crippen LogP contribution in [0.25, 0.3) is 0 Å². The average molecular weight is 194 g/mol. The first kappa shape index (κ1) is 9.93. The Hall–Kier alpha value is -2.15. The molecule has 0 aliphatic rings. The zero-order chi connectivity index (χ0) is 10.6. The summed E-state index contributed by atoms with van der Waals surface area (Å²) in [6.07, 6.45) is 0. The SMILES string of the molecule is NNc1ccc(C(=O)N=O)cc1N=O. The number of nitrogen functional groups attached to an aromatic ring is 1. The minimum Gasteiger partial charge on any atom is -0.322 e. The molecule has 1 rings (SSSR count). The number of hydrogen-bond donors (Lipinski definition) is 2. The van der Waals surface area contributed by atoms with Crippen molar-refractivity contribution in [2.75, 3.05) is 5.43 Å². The van der Waals surface area contributed by atoms with E-state index in [9.17, 15) is 14.6 Å². The van der Waals surface area contributed by atoms with E-state index in [4.69, 9.17) is 5.84 Å². The molecule has 0 saturated carbocycles. The number of anilines is 1. The smallest absolute Gasteiger partial charge is 0.316 e. The van der Waals surface area contributed by atoms with Crippen LogP contribution in [0.1, 0.15) is 10.4 Å². The van der Waals surface area contributed by atoms with Crippen molar-refractivity contribution in [3.05, 3.63) is 33.6 Å². The summed E-state index contributed by atoms with van der Waals surface area (Å²) in [6, 6.07) is 3.80. The second kappa shape index (κ2) is 4.19. The number of carbonyl (C=O) groups excluding carboxylic acids is 1. The molecule has 72 valence electrons. The maximum Gasteiger partial charge on any atom is 0.316 e. The van der Waals surface area contributed by atoms with Crippen LogP contribution < -0.4 is 11.3 Å². The third-order valence-electron chi connectivity index (χ3n) is 1.58. The van der Waals surface area contributed by atoms with Gasteiger partial charge in [0.15, 0.2) is 0 Å². The van der Waals surface area contributed by atoms with Gasteiger partial charge in [-0.3, -0.25) is 10.6 Å². The van der Waals surface area contributed by atoms with Gasteiger partial charge in [-0.15, -0.1) is 9.81 Å². The van der Waals surface area contributed by atoms with Crippen LogP contribution in [0.5, 0.6) is 0 Å². The summed E-state index contributed by atoms with van der Waals surface area (Å²) in [7, 11) is 0. The van der Waals surface area contributed by atoms with E-state index in [0.717, 1.165) is 6.07 Å². The zero-order valence-electron chi connectivity index (χ0n) is 6.93. The molecule has 7 nitrogen and oxygen atoms in total. The van der Waals surface area contributed by atoms with E-state index in [1.54, 1.807) is 0 Å². The summed E-state index contributed by atoms with van der Waals surface area (Å²) >= 11 is 0. The number of amides is 1. The van der Waals surface area contributed by atoms with E-state index in [1.165, 1.54) is 12.1 Å². The maximum absolute atomic E-state index is 10.8. The number of rotatable bonds is 3. The fourth-order valence-corrected chi connectivity index (χ4v) is 0.915. The molecule has 3 N–H and O–H groups in total. The Labute approximate surface area is 78.2 Å². The molecule has 0 radical (unpaired) electrons. The van der Waals surface area contributed by atoms with Gasteiger partial charge in [0.1, 0.15) is 5.69 Å². The molecule has 0 aliphatic heterocycles. The van der Waals surface area contributed by atoms with Crippen molar-refractivity contribution in [2.45, 2.75) is 0 Å². The number of hydrogen-bond acceptors (Lipinski definition) is 6. The number of carbonyl (C=O) groups is 1. The first-order valence-corrected chi connectivity index (χ1v) is 3.54. The van der Waals surface area contributed by atoms with Gasteiger partial charge in [-0.2, -0.15) is 0 Å². The molecule has 0 saturated heterocycles. The van der Waals surface area contributed by atoms with Crippen molar-refractivity contribution in [1.82, 2.24) is 0 Å². The van der Waals surface area contributed by atoms with Crippen LogP contribution in [0.15, 0.2) is 28.6 Å². The lowest BCUT2D eigenvalue weighted by atomic mass is 10.1. The second-order valence-electron chi connectivity index (χ2n) is 2.36. The van der Waals surface area contributed by atoms with Gasteiger partial charge >= 0.3 is 5.91 Å². The molecule has 0 atom stereocenters. The highest BCUT2D eigenvalue weighted by Gasteiger charge is 2.09. The van der Waals surface area contributed by atoms with Crippen molar-refractivity contribution >= 4 is 17.3 Å². The van der Waals surface area contributed by atoms with Crippen LogP contribution in [-0.4, -0.2) is 5.91 Å². The zero-order valence-corrected chi connectivity index (χ0v) is 6.93. The van der Waals surface area contributed by atoms with Crippen molar-refractivity contribution in [3.8, 4) is 0 Å². The lowest BCUT2D eigenvalue weighted by Crippen LogP contribution is -2.07. The van der Waals surface area contributed by atoms with Crippen LogP contribution in [0.3, 0.4) is 0 Å². The predicted octanol–water partition coefficient (Wildman–Crippen LogP) is 1.28. The van der Waals surface area contributed by atoms with Gasteiger partial charge in [0.05, 0.1) is 5.69 Å². The number of benzene rings is 1. The molecular formula is C7H6N4O3. The quantitative estimate of drug-likeness (QED) is 0.427. The fraction of sp³-hybridized carbons (Fsp3) is 0. The van der Waals surface area contributed by atoms with E-state index in [2.05, 4.69) is 15.8 Å². The summed E-state index contributed by atoms with van der Waals surface area (Å²) in [5, 5.41) is 4.84. The summed E-state index contributed by atoms with van der Waals surface area (Å²) in [6.45, 7) is 0. The van der Waals surface area contributed by atoms with Gasteiger partial charge in [0.25, 0.3) is 0 Å². The Bertz CT molecular complexity index is 391. The summed E-state index contributed by atoms with van der Waals surface area (Å²) in [5.74, 6) is 4.11. The Morgan fingerprint density at radius 1 is 1.36 bits per heavy atom. The van der Waals surface area contributed by atoms with Gasteiger partial charge in [-0.05, 0) is 23.4 Å². The molecule has 0 bridgehead atoms. The van der Waals surface area contributed by atoms with E-state index in [0.29, 0.717) is 0 Å². The summed E-state index contributed by atoms with van der Waals surface area (Å²) < 4.78 is 0. The topological polar surface area (TPSA) is 114 Å². The highest BCUT2D eigenvalue weighted by atomic mass is 16.3. The van der Waals surface area contributed by atoms with Crippen LogP contribution in [0, 0.1) is 9.81 Å². The van der Waals surface area contributed by atoms with Gasteiger partial charge < -0.3 is 5.43 Å². The van der Waals surface area contributed by atoms with E-state index in [1.807, 2.05) is 0 Å². The standard InChI is InChI=1S/C7H6N4O3/c8-9-5-2-1-4(7(12)11-14)3-6(5)10-13/h1-3,9H,8H2. The van der Waals surface area contributed by atoms with Crippen molar-refractivity contribution in [1.29, 1.82) is 0 Å². The molecule has 0 fully saturated rings. The molecule has 0 spiro atoms. The first-order chi connectivity index (χ1) is 6.72. The highest BCUT2D eigenvalue weighted by molar-refractivity contribution is 5.96. The second-order valence-corrected chi connectivity index (χ2v) is 2.36. The Balaban J connectivity index is 3.19. The predicted molar refractivity (Wildman–Crippen MR) is 49.8 cm³/mol. The fourth-order valence-electron chi connectivity index (χ4n) is 0.915. The maximum atomic E-state index is 10.8. The monoisotopic (exact) mass is 194 g/mol. The van der Waals surface area contributed by atoms with Crippen LogP contribution >= 0.6 is 0 Å². The van der Waals surface area contributed by atoms with Gasteiger partial charge in [0, 0.05) is 10.7 Å². The van der Waals surface area contributed by atoms with Crippen LogP contribution in [0.2, 0.25) is 0 Å². The first-order valence-electron chi connectivity index (χ1n) is 3.54. The van der Waals surface area contributed by atoms with Crippen molar-refractivity contribution in [3.63, 3.8) is 0 Å². The molecule has 14 heavy (non-hydrogen) atoms. The molecule has 0 aromatic heterocycles. The molecule has 0 unspecified atom stereocenters. The number of nitrogens with one attached hydrogen (secondary N) is 1. The largest absolute Gasteiger partial charge is 0.322 e. The number of nitrogens with two attached hydrogens (primary N) is 1. The van der Waals surface area contributed by atoms with E-state index in [-0.39, 0.29) is 16.9 Å². The molecule has 7 heteroatoms. The van der Waals surface area contributed by atoms with Crippen molar-refractivity contribution in [2.24, 2.45) is 16.2 Å². The van der Waals surface area contributed by atoms with Crippen LogP contribution in [0.4, 0.5) is 11.4 Å². The Morgan fingerprint density at radius 3 is 2.57 bits per heavy atom. The summed E-state index contributed by atoms with van der Waals surface area (Å²) in [5.41, 5.74) is 2.42. The highest BCUT2D eigenvalue weighted by Crippen LogP contribution is 2.25. The van der Waals surface area contributed by atoms with Gasteiger partial charge in [-0.25, -0.2) is 0 Å². The molecule has 1 aromatic rings. The van der Waals surface area contributed by atoms with Gasteiger partial charge in [0.2, 0.25) is 0 Å². The molecule has 1 amide bonds. The normalized spacial score (nSPS) is 9.21. The minimum absolute atomic E-state index is 0.00593.